The zero-order chi connectivity index (χ0) is 9.36. The molecule has 74 valence electrons. The lowest BCUT2D eigenvalue weighted by atomic mass is 10.1. The lowest BCUT2D eigenvalue weighted by Crippen LogP contribution is -2.35. The van der Waals surface area contributed by atoms with Crippen LogP contribution in [0, 0.1) is 12.3 Å². The highest BCUT2D eigenvalue weighted by molar-refractivity contribution is 4.83. The quantitative estimate of drug-likeness (QED) is 0.513. The van der Waals surface area contributed by atoms with Gasteiger partial charge < -0.3 is 10.1 Å². The van der Waals surface area contributed by atoms with Crippen LogP contribution < -0.4 is 5.32 Å². The van der Waals surface area contributed by atoms with Gasteiger partial charge in [-0.05, 0) is 32.2 Å². The molecule has 13 heavy (non-hydrogen) atoms. The molecule has 0 aromatic carbocycles. The Balaban J connectivity index is 1.90. The molecule has 1 N–H and O–H groups in total. The van der Waals surface area contributed by atoms with E-state index in [1.165, 1.54) is 6.42 Å². The first-order chi connectivity index (χ1) is 6.43. The summed E-state index contributed by atoms with van der Waals surface area (Å²) in [5.41, 5.74) is 0. The monoisotopic (exact) mass is 181 g/mol. The maximum absolute atomic E-state index is 5.28. The minimum Gasteiger partial charge on any atom is -0.381 e. The summed E-state index contributed by atoms with van der Waals surface area (Å²) in [5.74, 6) is 2.66. The Morgan fingerprint density at radius 1 is 1.31 bits per heavy atom. The van der Waals surface area contributed by atoms with Gasteiger partial charge in [0.2, 0.25) is 0 Å². The van der Waals surface area contributed by atoms with Gasteiger partial charge in [0.05, 0.1) is 0 Å². The Labute approximate surface area is 81.0 Å². The van der Waals surface area contributed by atoms with Crippen LogP contribution in [-0.4, -0.2) is 25.8 Å². The second kappa shape index (κ2) is 6.94. The van der Waals surface area contributed by atoms with E-state index < -0.39 is 0 Å². The highest BCUT2D eigenvalue weighted by Crippen LogP contribution is 2.06. The normalized spacial score (nSPS) is 18.4. The molecule has 1 aliphatic rings. The summed E-state index contributed by atoms with van der Waals surface area (Å²) in [4.78, 5) is 0. The van der Waals surface area contributed by atoms with Gasteiger partial charge in [0, 0.05) is 25.7 Å². The van der Waals surface area contributed by atoms with Gasteiger partial charge in [-0.1, -0.05) is 0 Å². The van der Waals surface area contributed by atoms with Gasteiger partial charge in [0.15, 0.2) is 0 Å². The topological polar surface area (TPSA) is 21.3 Å². The summed E-state index contributed by atoms with van der Waals surface area (Å²) in [7, 11) is 0. The van der Waals surface area contributed by atoms with Gasteiger partial charge in [-0.3, -0.25) is 0 Å². The zero-order valence-corrected chi connectivity index (χ0v) is 8.22. The average Bonchev–Trinajstić information content (AvgIpc) is 2.19. The largest absolute Gasteiger partial charge is 0.381 e. The molecule has 0 aromatic rings. The van der Waals surface area contributed by atoms with Crippen LogP contribution in [0.25, 0.3) is 0 Å². The summed E-state index contributed by atoms with van der Waals surface area (Å²) in [6.07, 6.45) is 10.7. The molecule has 0 aromatic heterocycles. The molecule has 0 aliphatic carbocycles. The van der Waals surface area contributed by atoms with Gasteiger partial charge >= 0.3 is 0 Å². The van der Waals surface area contributed by atoms with E-state index in [9.17, 15) is 0 Å². The summed E-state index contributed by atoms with van der Waals surface area (Å²) in [6.45, 7) is 2.94. The number of hydrogen-bond donors (Lipinski definition) is 1. The van der Waals surface area contributed by atoms with Crippen LogP contribution in [0.15, 0.2) is 0 Å². The van der Waals surface area contributed by atoms with Crippen LogP contribution >= 0.6 is 0 Å². The minimum atomic E-state index is 0.680. The second-order valence-electron chi connectivity index (χ2n) is 3.50. The molecule has 0 atom stereocenters. The van der Waals surface area contributed by atoms with Crippen molar-refractivity contribution in [2.24, 2.45) is 0 Å². The first kappa shape index (κ1) is 10.6. The van der Waals surface area contributed by atoms with Crippen molar-refractivity contribution >= 4 is 0 Å². The Bertz CT molecular complexity index is 156. The highest BCUT2D eigenvalue weighted by Gasteiger charge is 2.11. The van der Waals surface area contributed by atoms with Gasteiger partial charge in [-0.2, -0.15) is 0 Å². The van der Waals surface area contributed by atoms with Crippen molar-refractivity contribution < 1.29 is 4.74 Å². The third-order valence-corrected chi connectivity index (χ3v) is 2.40. The smallest absolute Gasteiger partial charge is 0.0480 e. The fourth-order valence-electron chi connectivity index (χ4n) is 1.56. The Morgan fingerprint density at radius 2 is 2.08 bits per heavy atom. The fourth-order valence-corrected chi connectivity index (χ4v) is 1.56. The SMILES string of the molecule is C#CCCCCNC1CCOCC1. The predicted molar refractivity (Wildman–Crippen MR) is 54.5 cm³/mol. The van der Waals surface area contributed by atoms with E-state index in [4.69, 9.17) is 11.2 Å². The summed E-state index contributed by atoms with van der Waals surface area (Å²) in [5, 5.41) is 3.53. The molecule has 0 radical (unpaired) electrons. The van der Waals surface area contributed by atoms with Gasteiger partial charge in [-0.15, -0.1) is 12.3 Å². The predicted octanol–water partition coefficient (Wildman–Crippen LogP) is 1.56. The van der Waals surface area contributed by atoms with Crippen LogP contribution in [0.2, 0.25) is 0 Å². The van der Waals surface area contributed by atoms with Crippen molar-refractivity contribution in [1.82, 2.24) is 5.32 Å². The van der Waals surface area contributed by atoms with E-state index in [-0.39, 0.29) is 0 Å². The molecule has 0 bridgehead atoms. The minimum absolute atomic E-state index is 0.680. The van der Waals surface area contributed by atoms with E-state index in [0.717, 1.165) is 45.4 Å². The van der Waals surface area contributed by atoms with Crippen LogP contribution in [0.1, 0.15) is 32.1 Å². The maximum Gasteiger partial charge on any atom is 0.0480 e. The molecule has 1 aliphatic heterocycles. The lowest BCUT2D eigenvalue weighted by Gasteiger charge is -2.23. The second-order valence-corrected chi connectivity index (χ2v) is 3.50. The van der Waals surface area contributed by atoms with Crippen molar-refractivity contribution in [2.75, 3.05) is 19.8 Å². The highest BCUT2D eigenvalue weighted by atomic mass is 16.5. The average molecular weight is 181 g/mol. The van der Waals surface area contributed by atoms with Crippen molar-refractivity contribution in [3.05, 3.63) is 0 Å². The van der Waals surface area contributed by atoms with Crippen LogP contribution in [0.5, 0.6) is 0 Å². The lowest BCUT2D eigenvalue weighted by molar-refractivity contribution is 0.0780. The molecule has 0 saturated carbocycles. The number of terminal acetylenes is 1. The van der Waals surface area contributed by atoms with Crippen molar-refractivity contribution in [3.63, 3.8) is 0 Å². The van der Waals surface area contributed by atoms with Crippen molar-refractivity contribution in [3.8, 4) is 12.3 Å². The molecule has 1 heterocycles. The molecular formula is C11H19NO. The third-order valence-electron chi connectivity index (χ3n) is 2.40. The van der Waals surface area contributed by atoms with Crippen LogP contribution in [0.3, 0.4) is 0 Å². The first-order valence-electron chi connectivity index (χ1n) is 5.18. The number of rotatable bonds is 5. The molecule has 0 unspecified atom stereocenters. The van der Waals surface area contributed by atoms with Gasteiger partial charge in [0.25, 0.3) is 0 Å². The Kier molecular flexibility index (Phi) is 5.64. The van der Waals surface area contributed by atoms with E-state index in [2.05, 4.69) is 11.2 Å². The molecule has 0 amide bonds. The third kappa shape index (κ3) is 4.92. The number of hydrogen-bond acceptors (Lipinski definition) is 2. The van der Waals surface area contributed by atoms with E-state index in [1.807, 2.05) is 0 Å². The van der Waals surface area contributed by atoms with Crippen molar-refractivity contribution in [2.45, 2.75) is 38.1 Å². The number of unbranched alkanes of at least 4 members (excludes halogenated alkanes) is 2. The Morgan fingerprint density at radius 3 is 2.77 bits per heavy atom. The molecule has 2 nitrogen and oxygen atoms in total. The molecule has 1 fully saturated rings. The summed E-state index contributed by atoms with van der Waals surface area (Å²) < 4.78 is 5.28. The van der Waals surface area contributed by atoms with Crippen LogP contribution in [0.4, 0.5) is 0 Å². The molecule has 2 heteroatoms. The number of ether oxygens (including phenoxy) is 1. The fraction of sp³-hybridized carbons (Fsp3) is 0.818. The van der Waals surface area contributed by atoms with Crippen LogP contribution in [-0.2, 0) is 4.74 Å². The zero-order valence-electron chi connectivity index (χ0n) is 8.22. The summed E-state index contributed by atoms with van der Waals surface area (Å²) >= 11 is 0. The van der Waals surface area contributed by atoms with Gasteiger partial charge in [0.1, 0.15) is 0 Å². The van der Waals surface area contributed by atoms with E-state index >= 15 is 0 Å². The Hall–Kier alpha value is -0.520. The van der Waals surface area contributed by atoms with E-state index in [0.29, 0.717) is 6.04 Å². The first-order valence-corrected chi connectivity index (χ1v) is 5.18. The van der Waals surface area contributed by atoms with Crippen molar-refractivity contribution in [1.29, 1.82) is 0 Å². The summed E-state index contributed by atoms with van der Waals surface area (Å²) in [6, 6.07) is 0.680. The van der Waals surface area contributed by atoms with E-state index in [1.54, 1.807) is 0 Å². The molecule has 1 saturated heterocycles. The van der Waals surface area contributed by atoms with Gasteiger partial charge in [-0.25, -0.2) is 0 Å². The number of nitrogens with one attached hydrogen (secondary N) is 1. The molecule has 0 spiro atoms. The molecule has 1 rings (SSSR count). The maximum atomic E-state index is 5.28. The molecular weight excluding hydrogens is 162 g/mol. The standard InChI is InChI=1S/C11H19NO/c1-2-3-4-5-8-12-11-6-9-13-10-7-11/h1,11-12H,3-10H2.